The van der Waals surface area contributed by atoms with Gasteiger partial charge >= 0.3 is 11.9 Å². The van der Waals surface area contributed by atoms with E-state index in [0.29, 0.717) is 22.7 Å². The van der Waals surface area contributed by atoms with Crippen LogP contribution in [0.5, 0.6) is 0 Å². The number of carbonyl (C=O) groups excluding carboxylic acids is 3. The number of aliphatic imine (C=N–C) groups is 1. The fraction of sp³-hybridized carbons (Fsp3) is 0.318. The van der Waals surface area contributed by atoms with E-state index in [-0.39, 0.29) is 24.8 Å². The van der Waals surface area contributed by atoms with E-state index in [1.165, 1.54) is 11.8 Å². The summed E-state index contributed by atoms with van der Waals surface area (Å²) in [6, 6.07) is 12.7. The number of Topliss-reactive ketones (excluding diaryl/α,β-unsaturated/α-hetero) is 1. The minimum Gasteiger partial charge on any atom is -0.465 e. The minimum absolute atomic E-state index is 0.0612. The number of nitrogens with zero attached hydrogens (tertiary/aromatic N) is 3. The van der Waals surface area contributed by atoms with Crippen LogP contribution in [0.25, 0.3) is 0 Å². The number of ether oxygens (including phenoxy) is 1. The van der Waals surface area contributed by atoms with Crippen LogP contribution >= 0.6 is 0 Å². The van der Waals surface area contributed by atoms with E-state index in [1.54, 1.807) is 38.2 Å². The summed E-state index contributed by atoms with van der Waals surface area (Å²) in [5.74, 6) is -1.08. The number of quaternary nitrogens is 1. The van der Waals surface area contributed by atoms with Crippen LogP contribution in [0.1, 0.15) is 32.0 Å². The molecule has 1 atom stereocenters. The van der Waals surface area contributed by atoms with Crippen LogP contribution in [0.15, 0.2) is 53.7 Å². The number of ketones is 1. The second-order valence-corrected chi connectivity index (χ2v) is 7.74. The van der Waals surface area contributed by atoms with Gasteiger partial charge < -0.3 is 10.5 Å². The summed E-state index contributed by atoms with van der Waals surface area (Å²) in [6.07, 6.45) is 0.725. The number of hydrogen-bond acceptors (Lipinski definition) is 6. The number of pyridine rings is 1. The predicted octanol–water partition coefficient (Wildman–Crippen LogP) is 0.992. The van der Waals surface area contributed by atoms with Crippen LogP contribution in [0, 0.1) is 5.41 Å². The van der Waals surface area contributed by atoms with Gasteiger partial charge in [-0.15, -0.1) is 0 Å². The molecule has 1 aliphatic heterocycles. The highest BCUT2D eigenvalue weighted by molar-refractivity contribution is 6.19. The van der Waals surface area contributed by atoms with E-state index < -0.39 is 17.6 Å². The van der Waals surface area contributed by atoms with Gasteiger partial charge in [0, 0.05) is 18.7 Å². The van der Waals surface area contributed by atoms with Crippen LogP contribution in [0.3, 0.4) is 0 Å². The molecule has 8 heteroatoms. The summed E-state index contributed by atoms with van der Waals surface area (Å²) < 4.78 is 5.03. The van der Waals surface area contributed by atoms with E-state index in [1.807, 2.05) is 24.3 Å². The molecule has 2 aromatic rings. The molecule has 8 nitrogen and oxygen atoms in total. The Hall–Kier alpha value is -3.39. The topological polar surface area (TPSA) is 117 Å². The molecule has 1 aromatic heterocycles. The summed E-state index contributed by atoms with van der Waals surface area (Å²) in [7, 11) is 0. The smallest absolute Gasteiger partial charge is 0.309 e. The van der Waals surface area contributed by atoms with Crippen molar-refractivity contribution in [2.45, 2.75) is 26.9 Å². The lowest BCUT2D eigenvalue weighted by atomic mass is 9.88. The standard InChI is InChI=1S/C22H24N4O4/c1-14(27)30-13-22(2,3)18(28)12-26-17-10-5-4-8-15(17)19(25-20(23)21(26)29)16-9-6-7-11-24-16/h4-11,20H,12-13,23H2,1-3H3/p+1/t20-/m1/s1. The van der Waals surface area contributed by atoms with E-state index >= 15 is 0 Å². The monoisotopic (exact) mass is 409 g/mol. The van der Waals surface area contributed by atoms with Crippen LogP contribution in [0.2, 0.25) is 0 Å². The summed E-state index contributed by atoms with van der Waals surface area (Å²) >= 11 is 0. The first kappa shape index (κ1) is 21.3. The van der Waals surface area contributed by atoms with Crippen molar-refractivity contribution in [3.63, 3.8) is 0 Å². The zero-order valence-electron chi connectivity index (χ0n) is 17.3. The molecule has 0 fully saturated rings. The number of aromatic nitrogens is 1. The van der Waals surface area contributed by atoms with Crippen LogP contribution in [-0.2, 0) is 19.1 Å². The van der Waals surface area contributed by atoms with Crippen molar-refractivity contribution in [2.24, 2.45) is 10.4 Å². The molecule has 156 valence electrons. The van der Waals surface area contributed by atoms with E-state index in [4.69, 9.17) is 4.74 Å². The third-order valence-corrected chi connectivity index (χ3v) is 4.89. The first-order chi connectivity index (χ1) is 14.2. The van der Waals surface area contributed by atoms with Gasteiger partial charge in [0.2, 0.25) is 0 Å². The Morgan fingerprint density at radius 3 is 2.53 bits per heavy atom. The second-order valence-electron chi connectivity index (χ2n) is 7.74. The molecule has 0 saturated carbocycles. The number of rotatable bonds is 6. The number of benzodiazepines with no additional fused rings is 1. The molecule has 1 aromatic carbocycles. The summed E-state index contributed by atoms with van der Waals surface area (Å²) in [4.78, 5) is 47.6. The highest BCUT2D eigenvalue weighted by Crippen LogP contribution is 2.28. The maximum Gasteiger partial charge on any atom is 0.309 e. The van der Waals surface area contributed by atoms with E-state index in [0.717, 1.165) is 0 Å². The average molecular weight is 409 g/mol. The molecule has 0 radical (unpaired) electrons. The minimum atomic E-state index is -0.950. The van der Waals surface area contributed by atoms with Gasteiger partial charge in [0.25, 0.3) is 6.17 Å². The molecule has 3 rings (SSSR count). The van der Waals surface area contributed by atoms with Crippen molar-refractivity contribution in [2.75, 3.05) is 18.1 Å². The molecular weight excluding hydrogens is 384 g/mol. The first-order valence-corrected chi connectivity index (χ1v) is 9.60. The molecule has 1 aliphatic rings. The molecule has 0 saturated heterocycles. The zero-order chi connectivity index (χ0) is 21.9. The summed E-state index contributed by atoms with van der Waals surface area (Å²) in [5.41, 5.74) is 5.37. The lowest BCUT2D eigenvalue weighted by molar-refractivity contribution is -0.400. The van der Waals surface area contributed by atoms with Gasteiger partial charge in [-0.05, 0) is 32.0 Å². The van der Waals surface area contributed by atoms with Crippen molar-refractivity contribution >= 4 is 29.1 Å². The van der Waals surface area contributed by atoms with Crippen LogP contribution < -0.4 is 10.6 Å². The van der Waals surface area contributed by atoms with Gasteiger partial charge in [0.05, 0.1) is 29.1 Å². The molecule has 1 amide bonds. The van der Waals surface area contributed by atoms with Crippen molar-refractivity contribution in [1.82, 2.24) is 4.98 Å². The summed E-state index contributed by atoms with van der Waals surface area (Å²) in [5, 5.41) is 0. The Labute approximate surface area is 174 Å². The third-order valence-electron chi connectivity index (χ3n) is 4.89. The summed E-state index contributed by atoms with van der Waals surface area (Å²) in [6.45, 7) is 4.42. The van der Waals surface area contributed by atoms with Gasteiger partial charge in [-0.2, -0.15) is 0 Å². The Bertz CT molecular complexity index is 1000. The molecule has 3 N–H and O–H groups in total. The predicted molar refractivity (Wildman–Crippen MR) is 111 cm³/mol. The van der Waals surface area contributed by atoms with Crippen molar-refractivity contribution in [3.8, 4) is 0 Å². The molecule has 0 unspecified atom stereocenters. The first-order valence-electron chi connectivity index (χ1n) is 9.60. The number of amides is 1. The van der Waals surface area contributed by atoms with Crippen molar-refractivity contribution in [3.05, 3.63) is 59.9 Å². The number of hydrogen-bond donors (Lipinski definition) is 1. The molecule has 30 heavy (non-hydrogen) atoms. The maximum absolute atomic E-state index is 13.1. The van der Waals surface area contributed by atoms with Crippen molar-refractivity contribution < 1.29 is 24.9 Å². The number of fused-ring (bicyclic) bond motifs is 1. The third kappa shape index (κ3) is 4.44. The van der Waals surface area contributed by atoms with Gasteiger partial charge in [0.15, 0.2) is 5.78 Å². The second kappa shape index (κ2) is 8.54. The number of carbonyl (C=O) groups is 3. The maximum atomic E-state index is 13.1. The number of anilines is 1. The molecule has 0 spiro atoms. The van der Waals surface area contributed by atoms with Gasteiger partial charge in [0.1, 0.15) is 6.61 Å². The largest absolute Gasteiger partial charge is 0.465 e. The normalized spacial score (nSPS) is 16.4. The molecule has 2 heterocycles. The molecule has 0 aliphatic carbocycles. The molecule has 0 bridgehead atoms. The van der Waals surface area contributed by atoms with Crippen molar-refractivity contribution in [1.29, 1.82) is 0 Å². The Kier molecular flexibility index (Phi) is 6.07. The highest BCUT2D eigenvalue weighted by atomic mass is 16.5. The quantitative estimate of drug-likeness (QED) is 0.714. The average Bonchev–Trinajstić information content (AvgIpc) is 2.83. The Morgan fingerprint density at radius 1 is 1.17 bits per heavy atom. The fourth-order valence-electron chi connectivity index (χ4n) is 3.08. The van der Waals surface area contributed by atoms with Gasteiger partial charge in [-0.1, -0.05) is 24.3 Å². The fourth-order valence-corrected chi connectivity index (χ4v) is 3.08. The van der Waals surface area contributed by atoms with E-state index in [2.05, 4.69) is 15.7 Å². The number of benzene rings is 1. The number of esters is 1. The van der Waals surface area contributed by atoms with Crippen LogP contribution in [-0.4, -0.2) is 47.7 Å². The van der Waals surface area contributed by atoms with E-state index in [9.17, 15) is 14.4 Å². The number of para-hydroxylation sites is 1. The Morgan fingerprint density at radius 2 is 1.87 bits per heavy atom. The lowest BCUT2D eigenvalue weighted by Gasteiger charge is -2.28. The highest BCUT2D eigenvalue weighted by Gasteiger charge is 2.37. The van der Waals surface area contributed by atoms with Gasteiger partial charge in [-0.3, -0.25) is 24.3 Å². The Balaban J connectivity index is 1.99. The van der Waals surface area contributed by atoms with Crippen LogP contribution in [0.4, 0.5) is 5.69 Å². The molecular formula is C22H25N4O4+. The lowest BCUT2D eigenvalue weighted by Crippen LogP contribution is -2.67. The SMILES string of the molecule is CC(=O)OCC(C)(C)C(=O)CN1C(=O)[C@H]([NH3+])N=C(c2ccccn2)c2ccccc21. The van der Waals surface area contributed by atoms with Gasteiger partial charge in [-0.25, -0.2) is 4.99 Å². The zero-order valence-corrected chi connectivity index (χ0v) is 17.3.